The number of hydrogen-bond acceptors (Lipinski definition) is 7. The van der Waals surface area contributed by atoms with E-state index in [0.717, 1.165) is 29.4 Å². The van der Waals surface area contributed by atoms with Crippen LogP contribution in [0, 0.1) is 0 Å². The summed E-state index contributed by atoms with van der Waals surface area (Å²) < 4.78 is 28.3. The molecule has 1 aliphatic heterocycles. The van der Waals surface area contributed by atoms with Crippen molar-refractivity contribution in [1.82, 2.24) is 9.88 Å². The van der Waals surface area contributed by atoms with Gasteiger partial charge in [-0.3, -0.25) is 4.79 Å². The molecule has 0 aliphatic carbocycles. The number of benzene rings is 2. The Bertz CT molecular complexity index is 1380. The first-order valence-corrected chi connectivity index (χ1v) is 12.2. The number of hydrogen-bond donors (Lipinski definition) is 0. The number of methoxy groups -OCH3 is 3. The molecule has 2 aromatic heterocycles. The Balaban J connectivity index is 1.67. The second-order valence-corrected chi connectivity index (χ2v) is 8.86. The van der Waals surface area contributed by atoms with Crippen molar-refractivity contribution in [3.05, 3.63) is 72.2 Å². The van der Waals surface area contributed by atoms with Gasteiger partial charge in [0.15, 0.2) is 5.76 Å². The van der Waals surface area contributed by atoms with E-state index >= 15 is 0 Å². The number of rotatable bonds is 9. The highest BCUT2D eigenvalue weighted by atomic mass is 16.5. The van der Waals surface area contributed by atoms with Crippen molar-refractivity contribution in [1.29, 1.82) is 0 Å². The quantitative estimate of drug-likeness (QED) is 0.305. The number of carbonyl (C=O) groups excluding carboxylic acids is 1. The third-order valence-electron chi connectivity index (χ3n) is 6.62. The van der Waals surface area contributed by atoms with Gasteiger partial charge < -0.3 is 28.3 Å². The molecule has 1 saturated heterocycles. The summed E-state index contributed by atoms with van der Waals surface area (Å²) in [7, 11) is 4.87. The fraction of sp³-hybridized carbons (Fsp3) is 0.310. The maximum absolute atomic E-state index is 13.5. The maximum atomic E-state index is 13.5. The molecule has 4 aromatic rings. The Morgan fingerprint density at radius 2 is 1.78 bits per heavy atom. The van der Waals surface area contributed by atoms with Crippen LogP contribution >= 0.6 is 0 Å². The number of fused-ring (bicyclic) bond motifs is 1. The predicted octanol–water partition coefficient (Wildman–Crippen LogP) is 5.34. The standard InChI is InChI=1S/C29H30N2O6/c1-33-23-10-5-4-9-21(23)27-19(16-22-24(34-2)12-13-25(35-3)28(22)30-27)17-31(18-20-8-6-14-36-20)29(32)26-11-7-15-37-26/h4-5,7,9-13,15-16,20H,6,8,14,17-18H2,1-3H3/t20-/m1/s1. The van der Waals surface area contributed by atoms with Crippen LogP contribution in [0.3, 0.4) is 0 Å². The zero-order chi connectivity index (χ0) is 25.8. The fourth-order valence-corrected chi connectivity index (χ4v) is 4.80. The highest BCUT2D eigenvalue weighted by molar-refractivity contribution is 5.94. The van der Waals surface area contributed by atoms with Crippen molar-refractivity contribution in [2.75, 3.05) is 34.5 Å². The molecule has 37 heavy (non-hydrogen) atoms. The molecule has 0 bridgehead atoms. The summed E-state index contributed by atoms with van der Waals surface area (Å²) in [4.78, 5) is 20.4. The van der Waals surface area contributed by atoms with Crippen molar-refractivity contribution in [3.63, 3.8) is 0 Å². The van der Waals surface area contributed by atoms with Gasteiger partial charge >= 0.3 is 0 Å². The Morgan fingerprint density at radius 1 is 1.00 bits per heavy atom. The van der Waals surface area contributed by atoms with Gasteiger partial charge in [0.05, 0.1) is 39.4 Å². The van der Waals surface area contributed by atoms with Crippen LogP contribution < -0.4 is 14.2 Å². The van der Waals surface area contributed by atoms with Crippen molar-refractivity contribution >= 4 is 16.8 Å². The number of ether oxygens (including phenoxy) is 4. The van der Waals surface area contributed by atoms with Gasteiger partial charge in [0.2, 0.25) is 0 Å². The second kappa shape index (κ2) is 10.9. The number of aromatic nitrogens is 1. The molecular formula is C29H30N2O6. The normalized spacial score (nSPS) is 15.1. The third-order valence-corrected chi connectivity index (χ3v) is 6.62. The molecule has 2 aromatic carbocycles. The Morgan fingerprint density at radius 3 is 2.49 bits per heavy atom. The smallest absolute Gasteiger partial charge is 0.289 e. The van der Waals surface area contributed by atoms with E-state index in [4.69, 9.17) is 28.3 Å². The minimum absolute atomic E-state index is 0.0309. The largest absolute Gasteiger partial charge is 0.496 e. The predicted molar refractivity (Wildman–Crippen MR) is 139 cm³/mol. The lowest BCUT2D eigenvalue weighted by Crippen LogP contribution is -2.37. The van der Waals surface area contributed by atoms with E-state index in [2.05, 4.69) is 0 Å². The molecule has 1 fully saturated rings. The summed E-state index contributed by atoms with van der Waals surface area (Å²) >= 11 is 0. The van der Waals surface area contributed by atoms with E-state index in [1.54, 1.807) is 38.4 Å². The van der Waals surface area contributed by atoms with E-state index in [9.17, 15) is 4.79 Å². The Kier molecular flexibility index (Phi) is 7.28. The molecule has 8 nitrogen and oxygen atoms in total. The molecule has 0 spiro atoms. The van der Waals surface area contributed by atoms with Gasteiger partial charge in [-0.25, -0.2) is 4.98 Å². The summed E-state index contributed by atoms with van der Waals surface area (Å²) in [6.07, 6.45) is 3.36. The SMILES string of the molecule is COc1ccccc1-c1nc2c(OC)ccc(OC)c2cc1CN(C[C@H]1CCCO1)C(=O)c1ccco1. The first kappa shape index (κ1) is 24.6. The lowest BCUT2D eigenvalue weighted by atomic mass is 10.0. The average Bonchev–Trinajstić information content (AvgIpc) is 3.66. The van der Waals surface area contributed by atoms with Crippen LogP contribution in [0.5, 0.6) is 17.2 Å². The van der Waals surface area contributed by atoms with Crippen molar-refractivity contribution in [2.24, 2.45) is 0 Å². The van der Waals surface area contributed by atoms with Crippen molar-refractivity contribution in [2.45, 2.75) is 25.5 Å². The summed E-state index contributed by atoms with van der Waals surface area (Å²) in [6, 6.07) is 16.8. The van der Waals surface area contributed by atoms with Gasteiger partial charge in [0.1, 0.15) is 22.8 Å². The Labute approximate surface area is 215 Å². The number of nitrogens with zero attached hydrogens (tertiary/aromatic N) is 2. The minimum Gasteiger partial charge on any atom is -0.496 e. The van der Waals surface area contributed by atoms with Gasteiger partial charge in [-0.1, -0.05) is 12.1 Å². The summed E-state index contributed by atoms with van der Waals surface area (Å²) in [6.45, 7) is 1.43. The molecular weight excluding hydrogens is 472 g/mol. The summed E-state index contributed by atoms with van der Waals surface area (Å²) in [5.41, 5.74) is 3.01. The molecule has 0 saturated carbocycles. The molecule has 8 heteroatoms. The molecule has 1 amide bonds. The van der Waals surface area contributed by atoms with E-state index in [0.29, 0.717) is 41.6 Å². The monoisotopic (exact) mass is 502 g/mol. The van der Waals surface area contributed by atoms with Gasteiger partial charge in [-0.2, -0.15) is 0 Å². The van der Waals surface area contributed by atoms with Gasteiger partial charge in [-0.15, -0.1) is 0 Å². The number of para-hydroxylation sites is 1. The number of carbonyl (C=O) groups is 1. The van der Waals surface area contributed by atoms with E-state index in [1.807, 2.05) is 42.5 Å². The summed E-state index contributed by atoms with van der Waals surface area (Å²) in [5, 5.41) is 0.790. The van der Waals surface area contributed by atoms with Crippen LogP contribution in [0.15, 0.2) is 65.3 Å². The number of furan rings is 1. The second-order valence-electron chi connectivity index (χ2n) is 8.86. The molecule has 5 rings (SSSR count). The zero-order valence-corrected chi connectivity index (χ0v) is 21.2. The molecule has 1 atom stereocenters. The molecule has 0 radical (unpaired) electrons. The van der Waals surface area contributed by atoms with Crippen molar-refractivity contribution < 1.29 is 28.2 Å². The minimum atomic E-state index is -0.204. The highest BCUT2D eigenvalue weighted by Crippen LogP contribution is 2.38. The lowest BCUT2D eigenvalue weighted by Gasteiger charge is -2.26. The van der Waals surface area contributed by atoms with E-state index < -0.39 is 0 Å². The molecule has 1 aliphatic rings. The molecule has 3 heterocycles. The van der Waals surface area contributed by atoms with Gasteiger partial charge in [0.25, 0.3) is 5.91 Å². The zero-order valence-electron chi connectivity index (χ0n) is 21.2. The molecule has 0 unspecified atom stereocenters. The third kappa shape index (κ3) is 4.97. The van der Waals surface area contributed by atoms with Crippen molar-refractivity contribution in [3.8, 4) is 28.5 Å². The topological polar surface area (TPSA) is 83.3 Å². The van der Waals surface area contributed by atoms with Gasteiger partial charge in [-0.05, 0) is 60.9 Å². The van der Waals surface area contributed by atoms with Crippen LogP contribution in [0.2, 0.25) is 0 Å². The summed E-state index contributed by atoms with van der Waals surface area (Å²) in [5.74, 6) is 2.05. The first-order chi connectivity index (χ1) is 18.1. The van der Waals surface area contributed by atoms with Crippen LogP contribution in [0.4, 0.5) is 0 Å². The van der Waals surface area contributed by atoms with Crippen LogP contribution in [0.1, 0.15) is 29.0 Å². The van der Waals surface area contributed by atoms with Crippen LogP contribution in [0.25, 0.3) is 22.2 Å². The van der Waals surface area contributed by atoms with Crippen LogP contribution in [-0.4, -0.2) is 56.4 Å². The molecule has 192 valence electrons. The lowest BCUT2D eigenvalue weighted by molar-refractivity contribution is 0.0484. The van der Waals surface area contributed by atoms with E-state index in [1.165, 1.54) is 6.26 Å². The number of pyridine rings is 1. The van der Waals surface area contributed by atoms with Gasteiger partial charge in [0, 0.05) is 30.6 Å². The highest BCUT2D eigenvalue weighted by Gasteiger charge is 2.27. The molecule has 0 N–H and O–H groups in total. The van der Waals surface area contributed by atoms with Crippen LogP contribution in [-0.2, 0) is 11.3 Å². The number of amides is 1. The Hall–Kier alpha value is -4.04. The fourth-order valence-electron chi connectivity index (χ4n) is 4.80. The maximum Gasteiger partial charge on any atom is 0.289 e. The first-order valence-electron chi connectivity index (χ1n) is 12.2. The average molecular weight is 503 g/mol. The van der Waals surface area contributed by atoms with E-state index in [-0.39, 0.29) is 24.3 Å².